The quantitative estimate of drug-likeness (QED) is 0.188. The molecule has 0 saturated carbocycles. The fraction of sp³-hybridized carbons (Fsp3) is 0. The highest BCUT2D eigenvalue weighted by atomic mass is 15.3. The Morgan fingerprint density at radius 3 is 1.92 bits per heavy atom. The van der Waals surface area contributed by atoms with Crippen LogP contribution in [0.25, 0.3) is 82.9 Å². The molecule has 1 aliphatic rings. The molecule has 0 amide bonds. The minimum absolute atomic E-state index is 0.576. The van der Waals surface area contributed by atoms with E-state index < -0.39 is 0 Å². The number of benzene rings is 8. The summed E-state index contributed by atoms with van der Waals surface area (Å²) < 4.78 is 2.33. The Balaban J connectivity index is 1.21. The maximum Gasteiger partial charge on any atom is 0.238 e. The predicted molar refractivity (Wildman–Crippen MR) is 214 cm³/mol. The Morgan fingerprint density at radius 2 is 1.08 bits per heavy atom. The minimum Gasteiger partial charge on any atom is -0.309 e. The average molecular weight is 664 g/mol. The van der Waals surface area contributed by atoms with Gasteiger partial charge in [0.05, 0.1) is 22.4 Å². The molecule has 5 heteroatoms. The molecule has 0 bridgehead atoms. The van der Waals surface area contributed by atoms with E-state index in [4.69, 9.17) is 15.0 Å². The lowest BCUT2D eigenvalue weighted by atomic mass is 9.89. The molecule has 242 valence electrons. The first-order chi connectivity index (χ1) is 25.8. The van der Waals surface area contributed by atoms with Crippen molar-refractivity contribution in [2.24, 2.45) is 0 Å². The predicted octanol–water partition coefficient (Wildman–Crippen LogP) is 12.1. The van der Waals surface area contributed by atoms with Gasteiger partial charge in [-0.3, -0.25) is 4.90 Å². The number of anilines is 3. The van der Waals surface area contributed by atoms with Crippen LogP contribution < -0.4 is 4.90 Å². The number of rotatable bonds is 4. The average Bonchev–Trinajstić information content (AvgIpc) is 3.55. The van der Waals surface area contributed by atoms with Gasteiger partial charge in [0.1, 0.15) is 0 Å². The van der Waals surface area contributed by atoms with Gasteiger partial charge in [0.15, 0.2) is 11.6 Å². The lowest BCUT2D eigenvalue weighted by molar-refractivity contribution is 1.03. The van der Waals surface area contributed by atoms with Crippen LogP contribution in [0.3, 0.4) is 0 Å². The van der Waals surface area contributed by atoms with E-state index in [1.165, 1.54) is 27.1 Å². The zero-order valence-electron chi connectivity index (χ0n) is 28.0. The van der Waals surface area contributed by atoms with E-state index in [9.17, 15) is 0 Å². The van der Waals surface area contributed by atoms with Crippen LogP contribution in [0.15, 0.2) is 176 Å². The van der Waals surface area contributed by atoms with Gasteiger partial charge in [-0.2, -0.15) is 9.97 Å². The third kappa shape index (κ3) is 4.26. The molecule has 0 fully saturated rings. The first-order valence-electron chi connectivity index (χ1n) is 17.5. The number of aromatic nitrogens is 4. The summed E-state index contributed by atoms with van der Waals surface area (Å²) in [6.45, 7) is 0. The normalized spacial score (nSPS) is 12.2. The summed E-state index contributed by atoms with van der Waals surface area (Å²) in [6.07, 6.45) is 0. The third-order valence-corrected chi connectivity index (χ3v) is 10.3. The summed E-state index contributed by atoms with van der Waals surface area (Å²) in [4.78, 5) is 18.1. The van der Waals surface area contributed by atoms with Crippen molar-refractivity contribution in [2.45, 2.75) is 0 Å². The summed E-state index contributed by atoms with van der Waals surface area (Å²) >= 11 is 0. The first kappa shape index (κ1) is 28.7. The van der Waals surface area contributed by atoms with Crippen LogP contribution in [-0.4, -0.2) is 19.5 Å². The monoisotopic (exact) mass is 663 g/mol. The highest BCUT2D eigenvalue weighted by molar-refractivity contribution is 6.18. The van der Waals surface area contributed by atoms with Crippen LogP contribution >= 0.6 is 0 Å². The zero-order chi connectivity index (χ0) is 34.2. The number of nitrogens with zero attached hydrogens (tertiary/aromatic N) is 5. The summed E-state index contributed by atoms with van der Waals surface area (Å²) in [5.41, 5.74) is 9.69. The number of para-hydroxylation sites is 2. The fourth-order valence-electron chi connectivity index (χ4n) is 8.05. The van der Waals surface area contributed by atoms with Gasteiger partial charge in [0.25, 0.3) is 0 Å². The molecule has 5 nitrogen and oxygen atoms in total. The van der Waals surface area contributed by atoms with Crippen molar-refractivity contribution in [1.29, 1.82) is 0 Å². The van der Waals surface area contributed by atoms with Crippen LogP contribution in [0.4, 0.5) is 17.3 Å². The van der Waals surface area contributed by atoms with E-state index in [2.05, 4.69) is 167 Å². The van der Waals surface area contributed by atoms with Crippen LogP contribution in [-0.2, 0) is 0 Å². The maximum absolute atomic E-state index is 5.38. The van der Waals surface area contributed by atoms with Crippen molar-refractivity contribution in [2.75, 3.05) is 4.90 Å². The molecule has 8 aromatic carbocycles. The number of fused-ring (bicyclic) bond motifs is 7. The molecule has 0 radical (unpaired) electrons. The second-order valence-electron chi connectivity index (χ2n) is 13.3. The summed E-state index contributed by atoms with van der Waals surface area (Å²) in [5, 5.41) is 7.05. The largest absolute Gasteiger partial charge is 0.309 e. The van der Waals surface area contributed by atoms with Gasteiger partial charge in [0, 0.05) is 43.9 Å². The van der Waals surface area contributed by atoms with Gasteiger partial charge in [-0.25, -0.2) is 4.98 Å². The van der Waals surface area contributed by atoms with Gasteiger partial charge in [-0.1, -0.05) is 146 Å². The minimum atomic E-state index is 0.576. The highest BCUT2D eigenvalue weighted by Gasteiger charge is 2.30. The van der Waals surface area contributed by atoms with E-state index >= 15 is 0 Å². The molecular formula is C47H29N5. The Hall–Kier alpha value is -7.11. The Morgan fingerprint density at radius 1 is 0.404 bits per heavy atom. The molecule has 1 aliphatic heterocycles. The lowest BCUT2D eigenvalue weighted by Gasteiger charge is -2.33. The summed E-state index contributed by atoms with van der Waals surface area (Å²) in [5.74, 6) is 1.81. The number of hydrogen-bond acceptors (Lipinski definition) is 4. The van der Waals surface area contributed by atoms with Crippen molar-refractivity contribution in [3.8, 4) is 39.6 Å². The van der Waals surface area contributed by atoms with Crippen LogP contribution in [0.1, 0.15) is 0 Å². The Labute approximate surface area is 299 Å². The lowest BCUT2D eigenvalue weighted by Crippen LogP contribution is -2.19. The molecule has 2 aromatic heterocycles. The van der Waals surface area contributed by atoms with Gasteiger partial charge in [-0.05, 0) is 46.7 Å². The van der Waals surface area contributed by atoms with Crippen molar-refractivity contribution < 1.29 is 0 Å². The zero-order valence-corrected chi connectivity index (χ0v) is 28.0. The molecule has 0 N–H and O–H groups in total. The fourth-order valence-corrected chi connectivity index (χ4v) is 8.05. The van der Waals surface area contributed by atoms with Crippen molar-refractivity contribution in [3.05, 3.63) is 176 Å². The SMILES string of the molecule is c1ccc(-c2nc(-c3ccc4c5ccccc5n(-c5ccccc5)c4c3)nc(N3c4c(ccc5ccccc45)-c4cccc5cccc3c45)n2)cc1. The smallest absolute Gasteiger partial charge is 0.238 e. The maximum atomic E-state index is 5.38. The van der Waals surface area contributed by atoms with E-state index in [-0.39, 0.29) is 0 Å². The standard InChI is InChI=1S/C47H29N5/c1-3-14-32(15-4-1)45-48-46(33-26-27-37-36-21-9-10-23-40(36)51(42(37)29-33)34-18-5-2-6-19-34)50-47(49-45)52-41-24-12-17-31-16-11-22-38(43(31)41)39-28-25-30-13-7-8-20-35(30)44(39)52/h1-29H. The van der Waals surface area contributed by atoms with Gasteiger partial charge >= 0.3 is 0 Å². The van der Waals surface area contributed by atoms with Gasteiger partial charge in [-0.15, -0.1) is 0 Å². The molecule has 0 unspecified atom stereocenters. The molecule has 0 saturated heterocycles. The van der Waals surface area contributed by atoms with Crippen molar-refractivity contribution in [1.82, 2.24) is 19.5 Å². The van der Waals surface area contributed by atoms with E-state index in [1.807, 2.05) is 18.2 Å². The van der Waals surface area contributed by atoms with Crippen LogP contribution in [0.5, 0.6) is 0 Å². The molecular weight excluding hydrogens is 635 g/mol. The summed E-state index contributed by atoms with van der Waals surface area (Å²) in [6, 6.07) is 62.0. The van der Waals surface area contributed by atoms with E-state index in [1.54, 1.807) is 0 Å². The van der Waals surface area contributed by atoms with Crippen molar-refractivity contribution in [3.63, 3.8) is 0 Å². The molecule has 10 aromatic rings. The Bertz CT molecular complexity index is 3020. The van der Waals surface area contributed by atoms with Crippen molar-refractivity contribution >= 4 is 60.7 Å². The highest BCUT2D eigenvalue weighted by Crippen LogP contribution is 2.52. The second-order valence-corrected chi connectivity index (χ2v) is 13.3. The molecule has 3 heterocycles. The first-order valence-corrected chi connectivity index (χ1v) is 17.5. The second kappa shape index (κ2) is 11.2. The topological polar surface area (TPSA) is 46.8 Å². The van der Waals surface area contributed by atoms with Crippen LogP contribution in [0.2, 0.25) is 0 Å². The molecule has 0 atom stereocenters. The van der Waals surface area contributed by atoms with E-state index in [0.29, 0.717) is 17.6 Å². The number of hydrogen-bond donors (Lipinski definition) is 0. The molecule has 11 rings (SSSR count). The van der Waals surface area contributed by atoms with E-state index in [0.717, 1.165) is 55.6 Å². The van der Waals surface area contributed by atoms with Gasteiger partial charge < -0.3 is 4.57 Å². The Kier molecular flexibility index (Phi) is 6.18. The third-order valence-electron chi connectivity index (χ3n) is 10.3. The summed E-state index contributed by atoms with van der Waals surface area (Å²) in [7, 11) is 0. The molecule has 52 heavy (non-hydrogen) atoms. The molecule has 0 spiro atoms. The van der Waals surface area contributed by atoms with Gasteiger partial charge in [0.2, 0.25) is 5.95 Å². The molecule has 0 aliphatic carbocycles. The van der Waals surface area contributed by atoms with Crippen LogP contribution in [0, 0.1) is 0 Å².